The number of aromatic hydroxyl groups is 1. The van der Waals surface area contributed by atoms with E-state index in [2.05, 4.69) is 4.98 Å². The molecule has 0 saturated heterocycles. The van der Waals surface area contributed by atoms with E-state index in [4.69, 9.17) is 0 Å². The number of phenols is 1. The summed E-state index contributed by atoms with van der Waals surface area (Å²) in [5.41, 5.74) is 2.96. The van der Waals surface area contributed by atoms with Crippen LogP contribution in [0.4, 0.5) is 4.39 Å². The van der Waals surface area contributed by atoms with Crippen LogP contribution in [0.25, 0.3) is 23.3 Å². The van der Waals surface area contributed by atoms with Crippen molar-refractivity contribution in [3.8, 4) is 16.9 Å². The number of phenolic OH excluding ortho intramolecular Hbond substituents is 1. The number of pyridine rings is 1. The van der Waals surface area contributed by atoms with Crippen molar-refractivity contribution in [1.82, 2.24) is 4.98 Å². The molecule has 22 heavy (non-hydrogen) atoms. The molecule has 2 nitrogen and oxygen atoms in total. The van der Waals surface area contributed by atoms with Gasteiger partial charge in [0.1, 0.15) is 11.6 Å². The van der Waals surface area contributed by atoms with Crippen LogP contribution in [0.5, 0.6) is 5.75 Å². The molecule has 3 aromatic rings. The average Bonchev–Trinajstić information content (AvgIpc) is 2.56. The monoisotopic (exact) mass is 291 g/mol. The Morgan fingerprint density at radius 1 is 0.864 bits per heavy atom. The zero-order valence-corrected chi connectivity index (χ0v) is 11.8. The molecule has 3 rings (SSSR count). The smallest absolute Gasteiger partial charge is 0.124 e. The highest BCUT2D eigenvalue weighted by Gasteiger charge is 2.08. The number of halogens is 1. The first-order chi connectivity index (χ1) is 10.7. The Bertz CT molecular complexity index is 813. The Labute approximate surface area is 128 Å². The van der Waals surface area contributed by atoms with Gasteiger partial charge in [-0.1, -0.05) is 36.4 Å². The quantitative estimate of drug-likeness (QED) is 0.754. The third kappa shape index (κ3) is 3.04. The summed E-state index contributed by atoms with van der Waals surface area (Å²) in [5, 5.41) is 9.99. The molecular weight excluding hydrogens is 277 g/mol. The molecule has 1 heterocycles. The fourth-order valence-corrected chi connectivity index (χ4v) is 2.26. The predicted molar refractivity (Wildman–Crippen MR) is 86.7 cm³/mol. The molecule has 0 unspecified atom stereocenters. The van der Waals surface area contributed by atoms with E-state index in [1.165, 1.54) is 18.2 Å². The first kappa shape index (κ1) is 14.0. The van der Waals surface area contributed by atoms with Gasteiger partial charge in [0.2, 0.25) is 0 Å². The Morgan fingerprint density at radius 2 is 1.68 bits per heavy atom. The zero-order valence-electron chi connectivity index (χ0n) is 11.8. The summed E-state index contributed by atoms with van der Waals surface area (Å²) in [6, 6.07) is 17.1. The summed E-state index contributed by atoms with van der Waals surface area (Å²) >= 11 is 0. The second-order valence-electron chi connectivity index (χ2n) is 4.84. The fourth-order valence-electron chi connectivity index (χ4n) is 2.26. The summed E-state index contributed by atoms with van der Waals surface area (Å²) in [6.45, 7) is 0. The van der Waals surface area contributed by atoms with Gasteiger partial charge < -0.3 is 5.11 Å². The number of benzene rings is 2. The van der Waals surface area contributed by atoms with Crippen molar-refractivity contribution >= 4 is 12.2 Å². The molecule has 0 aliphatic carbocycles. The second kappa shape index (κ2) is 6.22. The molecule has 3 heteroatoms. The van der Waals surface area contributed by atoms with Crippen molar-refractivity contribution in [2.45, 2.75) is 0 Å². The Hall–Kier alpha value is -2.94. The molecule has 2 aromatic carbocycles. The van der Waals surface area contributed by atoms with Gasteiger partial charge in [-0.3, -0.25) is 4.98 Å². The van der Waals surface area contributed by atoms with Crippen LogP contribution in [-0.2, 0) is 0 Å². The molecular formula is C19H14FNO. The molecule has 1 aromatic heterocycles. The third-order valence-electron chi connectivity index (χ3n) is 3.33. The Balaban J connectivity index is 2.04. The maximum absolute atomic E-state index is 13.5. The summed E-state index contributed by atoms with van der Waals surface area (Å²) < 4.78 is 13.5. The highest BCUT2D eigenvalue weighted by atomic mass is 19.1. The standard InChI is InChI=1S/C19H14FNO/c20-15-9-11-19(22)18(13-15)17-7-2-1-5-14(17)8-10-16-6-3-4-12-21-16/h1-13,22H/b10-8+. The fraction of sp³-hybridized carbons (Fsp3) is 0. The topological polar surface area (TPSA) is 33.1 Å². The van der Waals surface area contributed by atoms with Crippen molar-refractivity contribution in [1.29, 1.82) is 0 Å². The largest absolute Gasteiger partial charge is 0.507 e. The van der Waals surface area contributed by atoms with E-state index in [1.54, 1.807) is 6.20 Å². The lowest BCUT2D eigenvalue weighted by molar-refractivity contribution is 0.475. The van der Waals surface area contributed by atoms with Crippen molar-refractivity contribution in [3.05, 3.63) is 83.9 Å². The Morgan fingerprint density at radius 3 is 2.50 bits per heavy atom. The summed E-state index contributed by atoms with van der Waals surface area (Å²) in [7, 11) is 0. The lowest BCUT2D eigenvalue weighted by atomic mass is 9.98. The van der Waals surface area contributed by atoms with Crippen molar-refractivity contribution in [2.75, 3.05) is 0 Å². The van der Waals surface area contributed by atoms with Gasteiger partial charge in [0.25, 0.3) is 0 Å². The number of nitrogens with zero attached hydrogens (tertiary/aromatic N) is 1. The highest BCUT2D eigenvalue weighted by molar-refractivity contribution is 5.82. The van der Waals surface area contributed by atoms with E-state index >= 15 is 0 Å². The van der Waals surface area contributed by atoms with Crippen LogP contribution in [0.1, 0.15) is 11.3 Å². The molecule has 1 N–H and O–H groups in total. The third-order valence-corrected chi connectivity index (χ3v) is 3.33. The van der Waals surface area contributed by atoms with Crippen LogP contribution in [0.15, 0.2) is 66.9 Å². The van der Waals surface area contributed by atoms with Gasteiger partial charge in [-0.15, -0.1) is 0 Å². The molecule has 0 aliphatic heterocycles. The zero-order chi connectivity index (χ0) is 15.4. The van der Waals surface area contributed by atoms with E-state index in [1.807, 2.05) is 54.6 Å². The van der Waals surface area contributed by atoms with E-state index in [0.717, 1.165) is 16.8 Å². The van der Waals surface area contributed by atoms with Gasteiger partial charge in [0, 0.05) is 11.8 Å². The molecule has 0 bridgehead atoms. The predicted octanol–water partition coefficient (Wildman–Crippen LogP) is 4.76. The molecule has 0 atom stereocenters. The molecule has 0 amide bonds. The lowest BCUT2D eigenvalue weighted by Crippen LogP contribution is -1.86. The van der Waals surface area contributed by atoms with Crippen LogP contribution in [-0.4, -0.2) is 10.1 Å². The minimum absolute atomic E-state index is 0.0556. The van der Waals surface area contributed by atoms with Gasteiger partial charge in [0.15, 0.2) is 0 Å². The van der Waals surface area contributed by atoms with Gasteiger partial charge in [-0.05, 0) is 47.5 Å². The first-order valence-electron chi connectivity index (χ1n) is 6.91. The van der Waals surface area contributed by atoms with Gasteiger partial charge in [-0.2, -0.15) is 0 Å². The normalized spacial score (nSPS) is 11.0. The molecule has 0 aliphatic rings. The summed E-state index contributed by atoms with van der Waals surface area (Å²) in [6.07, 6.45) is 5.52. The average molecular weight is 291 g/mol. The van der Waals surface area contributed by atoms with Crippen LogP contribution in [0, 0.1) is 5.82 Å². The number of rotatable bonds is 3. The maximum atomic E-state index is 13.5. The molecule has 0 radical (unpaired) electrons. The highest BCUT2D eigenvalue weighted by Crippen LogP contribution is 2.32. The maximum Gasteiger partial charge on any atom is 0.124 e. The van der Waals surface area contributed by atoms with E-state index < -0.39 is 0 Å². The van der Waals surface area contributed by atoms with Crippen LogP contribution in [0.3, 0.4) is 0 Å². The number of aromatic nitrogens is 1. The summed E-state index contributed by atoms with van der Waals surface area (Å²) in [4.78, 5) is 4.23. The van der Waals surface area contributed by atoms with Crippen LogP contribution in [0.2, 0.25) is 0 Å². The van der Waals surface area contributed by atoms with Crippen molar-refractivity contribution in [2.24, 2.45) is 0 Å². The van der Waals surface area contributed by atoms with Crippen molar-refractivity contribution < 1.29 is 9.50 Å². The SMILES string of the molecule is Oc1ccc(F)cc1-c1ccccc1/C=C/c1ccccn1. The molecule has 108 valence electrons. The van der Waals surface area contributed by atoms with E-state index in [0.29, 0.717) is 5.56 Å². The second-order valence-corrected chi connectivity index (χ2v) is 4.84. The van der Waals surface area contributed by atoms with E-state index in [-0.39, 0.29) is 11.6 Å². The first-order valence-corrected chi connectivity index (χ1v) is 6.91. The minimum Gasteiger partial charge on any atom is -0.507 e. The lowest BCUT2D eigenvalue weighted by Gasteiger charge is -2.08. The van der Waals surface area contributed by atoms with Gasteiger partial charge >= 0.3 is 0 Å². The minimum atomic E-state index is -0.378. The molecule has 0 fully saturated rings. The van der Waals surface area contributed by atoms with Crippen LogP contribution < -0.4 is 0 Å². The molecule has 0 saturated carbocycles. The van der Waals surface area contributed by atoms with E-state index in [9.17, 15) is 9.50 Å². The molecule has 0 spiro atoms. The van der Waals surface area contributed by atoms with Gasteiger partial charge in [-0.25, -0.2) is 4.39 Å². The summed E-state index contributed by atoms with van der Waals surface area (Å²) in [5.74, 6) is -0.323. The number of hydrogen-bond acceptors (Lipinski definition) is 2. The van der Waals surface area contributed by atoms with Crippen LogP contribution >= 0.6 is 0 Å². The number of hydrogen-bond donors (Lipinski definition) is 1. The van der Waals surface area contributed by atoms with Crippen molar-refractivity contribution in [3.63, 3.8) is 0 Å². The Kier molecular flexibility index (Phi) is 3.97. The van der Waals surface area contributed by atoms with Gasteiger partial charge in [0.05, 0.1) is 5.69 Å².